The Morgan fingerprint density at radius 3 is 2.65 bits per heavy atom. The van der Waals surface area contributed by atoms with Crippen LogP contribution in [-0.4, -0.2) is 23.2 Å². The van der Waals surface area contributed by atoms with E-state index in [2.05, 4.69) is 10.2 Å². The number of carbonyl (C=O) groups excluding carboxylic acids is 1. The molecule has 1 heterocycles. The van der Waals surface area contributed by atoms with Crippen LogP contribution < -0.4 is 16.2 Å². The minimum absolute atomic E-state index is 0.0342. The normalized spacial score (nSPS) is 10.8. The Morgan fingerprint density at radius 2 is 1.92 bits per heavy atom. The van der Waals surface area contributed by atoms with Gasteiger partial charge >= 0.3 is 0 Å². The van der Waals surface area contributed by atoms with Crippen LogP contribution in [-0.2, 0) is 12.8 Å². The number of hydrogen-bond donors (Lipinski definition) is 2. The van der Waals surface area contributed by atoms with E-state index in [0.29, 0.717) is 41.5 Å². The molecule has 0 aliphatic rings. The first-order valence-corrected chi connectivity index (χ1v) is 8.17. The Labute approximate surface area is 150 Å². The number of nitrogen functional groups attached to an aromatic ring is 1. The third-order valence-electron chi connectivity index (χ3n) is 4.29. The SMILES string of the molecule is COc1ccc(F)c(CCCc2cccc3c(N)c(C(N)=O)nnc23)c1. The van der Waals surface area contributed by atoms with Gasteiger partial charge in [0.1, 0.15) is 11.6 Å². The highest BCUT2D eigenvalue weighted by atomic mass is 19.1. The zero-order valence-electron chi connectivity index (χ0n) is 14.3. The van der Waals surface area contributed by atoms with E-state index in [-0.39, 0.29) is 17.2 Å². The van der Waals surface area contributed by atoms with Crippen molar-refractivity contribution in [2.75, 3.05) is 12.8 Å². The fourth-order valence-corrected chi connectivity index (χ4v) is 2.93. The molecule has 0 fully saturated rings. The summed E-state index contributed by atoms with van der Waals surface area (Å²) in [6.45, 7) is 0. The molecule has 134 valence electrons. The average Bonchev–Trinajstić information content (AvgIpc) is 2.63. The van der Waals surface area contributed by atoms with Gasteiger partial charge in [0.15, 0.2) is 5.69 Å². The molecule has 3 aromatic rings. The summed E-state index contributed by atoms with van der Waals surface area (Å²) < 4.78 is 19.1. The highest BCUT2D eigenvalue weighted by molar-refractivity contribution is 6.04. The second kappa shape index (κ2) is 7.35. The number of carbonyl (C=O) groups is 1. The van der Waals surface area contributed by atoms with Crippen molar-refractivity contribution in [3.05, 3.63) is 59.0 Å². The Morgan fingerprint density at radius 1 is 1.15 bits per heavy atom. The predicted molar refractivity (Wildman–Crippen MR) is 97.4 cm³/mol. The second-order valence-corrected chi connectivity index (χ2v) is 5.95. The predicted octanol–water partition coefficient (Wildman–Crippen LogP) is 2.63. The first kappa shape index (κ1) is 17.6. The van der Waals surface area contributed by atoms with Crippen LogP contribution in [0.15, 0.2) is 36.4 Å². The van der Waals surface area contributed by atoms with Crippen molar-refractivity contribution in [1.29, 1.82) is 0 Å². The highest BCUT2D eigenvalue weighted by Gasteiger charge is 2.14. The lowest BCUT2D eigenvalue weighted by Crippen LogP contribution is -2.17. The topological polar surface area (TPSA) is 104 Å². The van der Waals surface area contributed by atoms with Crippen LogP contribution in [0.3, 0.4) is 0 Å². The number of halogens is 1. The van der Waals surface area contributed by atoms with Gasteiger partial charge in [0, 0.05) is 5.39 Å². The van der Waals surface area contributed by atoms with E-state index in [9.17, 15) is 9.18 Å². The third-order valence-corrected chi connectivity index (χ3v) is 4.29. The quantitative estimate of drug-likeness (QED) is 0.708. The number of benzene rings is 2. The molecule has 1 amide bonds. The maximum atomic E-state index is 13.9. The van der Waals surface area contributed by atoms with Gasteiger partial charge < -0.3 is 16.2 Å². The van der Waals surface area contributed by atoms with Crippen LogP contribution >= 0.6 is 0 Å². The highest BCUT2D eigenvalue weighted by Crippen LogP contribution is 2.25. The molecule has 0 saturated carbocycles. The largest absolute Gasteiger partial charge is 0.497 e. The fourth-order valence-electron chi connectivity index (χ4n) is 2.93. The van der Waals surface area contributed by atoms with Gasteiger partial charge in [-0.1, -0.05) is 18.2 Å². The van der Waals surface area contributed by atoms with E-state index < -0.39 is 5.91 Å². The fraction of sp³-hybridized carbons (Fsp3) is 0.211. The van der Waals surface area contributed by atoms with Crippen molar-refractivity contribution in [2.24, 2.45) is 5.73 Å². The smallest absolute Gasteiger partial charge is 0.271 e. The van der Waals surface area contributed by atoms with Crippen LogP contribution in [0.25, 0.3) is 10.9 Å². The lowest BCUT2D eigenvalue weighted by molar-refractivity contribution is 0.0996. The summed E-state index contributed by atoms with van der Waals surface area (Å²) in [4.78, 5) is 11.4. The van der Waals surface area contributed by atoms with Crippen LogP contribution in [0.5, 0.6) is 5.75 Å². The molecular weight excluding hydrogens is 335 g/mol. The van der Waals surface area contributed by atoms with Gasteiger partial charge in [-0.25, -0.2) is 4.39 Å². The van der Waals surface area contributed by atoms with Crippen molar-refractivity contribution in [2.45, 2.75) is 19.3 Å². The standard InChI is InChI=1S/C19H19FN4O2/c1-26-13-8-9-15(20)12(10-13)6-2-4-11-5-3-7-14-16(21)18(19(22)25)24-23-17(11)14/h3,5,7-10H,2,4,6H2,1H3,(H2,21,23)(H2,22,25). The number of primary amides is 1. The number of aromatic nitrogens is 2. The molecule has 7 heteroatoms. The summed E-state index contributed by atoms with van der Waals surface area (Å²) in [7, 11) is 1.55. The summed E-state index contributed by atoms with van der Waals surface area (Å²) in [5.41, 5.74) is 13.6. The summed E-state index contributed by atoms with van der Waals surface area (Å²) in [5, 5.41) is 8.59. The molecule has 0 atom stereocenters. The van der Waals surface area contributed by atoms with E-state index >= 15 is 0 Å². The first-order chi connectivity index (χ1) is 12.5. The van der Waals surface area contributed by atoms with Crippen LogP contribution in [0.1, 0.15) is 28.0 Å². The van der Waals surface area contributed by atoms with Crippen LogP contribution in [0, 0.1) is 5.82 Å². The second-order valence-electron chi connectivity index (χ2n) is 5.95. The minimum atomic E-state index is -0.712. The van der Waals surface area contributed by atoms with E-state index in [1.807, 2.05) is 12.1 Å². The van der Waals surface area contributed by atoms with Crippen molar-refractivity contribution in [1.82, 2.24) is 10.2 Å². The van der Waals surface area contributed by atoms with Crippen molar-refractivity contribution in [3.63, 3.8) is 0 Å². The van der Waals surface area contributed by atoms with E-state index in [1.165, 1.54) is 6.07 Å². The van der Waals surface area contributed by atoms with Gasteiger partial charge in [0.25, 0.3) is 5.91 Å². The number of anilines is 1. The molecule has 6 nitrogen and oxygen atoms in total. The summed E-state index contributed by atoms with van der Waals surface area (Å²) >= 11 is 0. The van der Waals surface area contributed by atoms with Gasteiger partial charge in [-0.2, -0.15) is 0 Å². The van der Waals surface area contributed by atoms with Gasteiger partial charge in [0.05, 0.1) is 18.3 Å². The number of amides is 1. The minimum Gasteiger partial charge on any atom is -0.497 e. The molecule has 0 unspecified atom stereocenters. The molecule has 3 rings (SSSR count). The molecular formula is C19H19FN4O2. The van der Waals surface area contributed by atoms with E-state index in [4.69, 9.17) is 16.2 Å². The molecule has 1 aromatic heterocycles. The molecule has 0 radical (unpaired) electrons. The molecule has 0 aliphatic carbocycles. The number of ether oxygens (including phenoxy) is 1. The van der Waals surface area contributed by atoms with E-state index in [0.717, 1.165) is 5.56 Å². The lowest BCUT2D eigenvalue weighted by atomic mass is 10.0. The molecule has 0 aliphatic heterocycles. The zero-order chi connectivity index (χ0) is 18.7. The first-order valence-electron chi connectivity index (χ1n) is 8.17. The average molecular weight is 354 g/mol. The number of methoxy groups -OCH3 is 1. The summed E-state index contributed by atoms with van der Waals surface area (Å²) in [5.74, 6) is -0.334. The Balaban J connectivity index is 1.82. The monoisotopic (exact) mass is 354 g/mol. The number of nitrogens with zero attached hydrogens (tertiary/aromatic N) is 2. The van der Waals surface area contributed by atoms with Gasteiger partial charge in [-0.05, 0) is 48.6 Å². The molecule has 0 saturated heterocycles. The maximum Gasteiger partial charge on any atom is 0.271 e. The van der Waals surface area contributed by atoms with Gasteiger partial charge in [-0.3, -0.25) is 4.79 Å². The Bertz CT molecular complexity index is 975. The number of rotatable bonds is 6. The molecule has 0 bridgehead atoms. The lowest BCUT2D eigenvalue weighted by Gasteiger charge is -2.09. The van der Waals surface area contributed by atoms with Crippen LogP contribution in [0.4, 0.5) is 10.1 Å². The van der Waals surface area contributed by atoms with Crippen LogP contribution in [0.2, 0.25) is 0 Å². The number of hydrogen-bond acceptors (Lipinski definition) is 5. The number of aryl methyl sites for hydroxylation is 2. The Kier molecular flexibility index (Phi) is 4.97. The Hall–Kier alpha value is -3.22. The third kappa shape index (κ3) is 3.42. The summed E-state index contributed by atoms with van der Waals surface area (Å²) in [6.07, 6.45) is 1.93. The summed E-state index contributed by atoms with van der Waals surface area (Å²) in [6, 6.07) is 10.2. The molecule has 2 aromatic carbocycles. The number of nitrogens with two attached hydrogens (primary N) is 2. The van der Waals surface area contributed by atoms with E-state index in [1.54, 1.807) is 25.3 Å². The number of fused-ring (bicyclic) bond motifs is 1. The molecule has 0 spiro atoms. The maximum absolute atomic E-state index is 13.9. The van der Waals surface area contributed by atoms with Gasteiger partial charge in [0.2, 0.25) is 0 Å². The molecule has 4 N–H and O–H groups in total. The molecule has 26 heavy (non-hydrogen) atoms. The van der Waals surface area contributed by atoms with Crippen molar-refractivity contribution in [3.8, 4) is 5.75 Å². The van der Waals surface area contributed by atoms with Crippen molar-refractivity contribution < 1.29 is 13.9 Å². The zero-order valence-corrected chi connectivity index (χ0v) is 14.3. The van der Waals surface area contributed by atoms with Crippen molar-refractivity contribution >= 4 is 22.5 Å². The van der Waals surface area contributed by atoms with Gasteiger partial charge in [-0.15, -0.1) is 10.2 Å².